The van der Waals surface area contributed by atoms with Crippen LogP contribution in [0.5, 0.6) is 5.75 Å². The van der Waals surface area contributed by atoms with Crippen molar-refractivity contribution in [2.45, 2.75) is 52.1 Å². The van der Waals surface area contributed by atoms with Crippen LogP contribution in [0.15, 0.2) is 18.2 Å². The van der Waals surface area contributed by atoms with E-state index in [4.69, 9.17) is 4.74 Å². The highest BCUT2D eigenvalue weighted by atomic mass is 16.6. The summed E-state index contributed by atoms with van der Waals surface area (Å²) >= 11 is 0. The average Bonchev–Trinajstić information content (AvgIpc) is 2.45. The molecule has 0 heterocycles. The van der Waals surface area contributed by atoms with Crippen LogP contribution in [0.2, 0.25) is 0 Å². The van der Waals surface area contributed by atoms with Crippen LogP contribution in [0.25, 0.3) is 0 Å². The van der Waals surface area contributed by atoms with Crippen molar-refractivity contribution in [2.75, 3.05) is 11.9 Å². The molecule has 5 nitrogen and oxygen atoms in total. The molecular weight excluding hydrogens is 268 g/mol. The van der Waals surface area contributed by atoms with E-state index in [1.807, 2.05) is 6.07 Å². The zero-order valence-electron chi connectivity index (χ0n) is 12.8. The van der Waals surface area contributed by atoms with Crippen molar-refractivity contribution >= 4 is 11.4 Å². The van der Waals surface area contributed by atoms with Crippen LogP contribution >= 0.6 is 0 Å². The second-order valence-electron chi connectivity index (χ2n) is 5.91. The van der Waals surface area contributed by atoms with E-state index in [1.54, 1.807) is 6.07 Å². The van der Waals surface area contributed by atoms with Crippen LogP contribution in [0.1, 0.15) is 46.0 Å². The lowest BCUT2D eigenvalue weighted by molar-refractivity contribution is -0.384. The number of benzene rings is 1. The van der Waals surface area contributed by atoms with Gasteiger partial charge in [-0.2, -0.15) is 0 Å². The molecular formula is C16H24N2O3. The second kappa shape index (κ2) is 7.29. The van der Waals surface area contributed by atoms with E-state index in [0.717, 1.165) is 31.5 Å². The fraction of sp³-hybridized carbons (Fsp3) is 0.625. The Morgan fingerprint density at radius 2 is 2.19 bits per heavy atom. The molecule has 1 saturated carbocycles. The van der Waals surface area contributed by atoms with Crippen LogP contribution in [0.3, 0.4) is 0 Å². The third-order valence-corrected chi connectivity index (χ3v) is 3.87. The summed E-state index contributed by atoms with van der Waals surface area (Å²) in [5.41, 5.74) is 0.833. The SMILES string of the molecule is CCCNc1cc(OC2CCCC(C)C2)cc([N+](=O)[O-])c1. The highest BCUT2D eigenvalue weighted by molar-refractivity contribution is 5.56. The summed E-state index contributed by atoms with van der Waals surface area (Å²) in [5, 5.41) is 14.2. The first-order valence-electron chi connectivity index (χ1n) is 7.78. The lowest BCUT2D eigenvalue weighted by Gasteiger charge is -2.27. The van der Waals surface area contributed by atoms with Gasteiger partial charge in [-0.25, -0.2) is 0 Å². The van der Waals surface area contributed by atoms with Gasteiger partial charge in [-0.1, -0.05) is 20.3 Å². The first-order chi connectivity index (χ1) is 10.1. The van der Waals surface area contributed by atoms with E-state index in [2.05, 4.69) is 19.2 Å². The van der Waals surface area contributed by atoms with Gasteiger partial charge in [0, 0.05) is 24.4 Å². The van der Waals surface area contributed by atoms with Gasteiger partial charge in [-0.3, -0.25) is 10.1 Å². The Bertz CT molecular complexity index is 490. The molecule has 0 saturated heterocycles. The summed E-state index contributed by atoms with van der Waals surface area (Å²) in [6, 6.07) is 4.95. The van der Waals surface area contributed by atoms with Crippen LogP contribution in [-0.4, -0.2) is 17.6 Å². The molecule has 0 bridgehead atoms. The van der Waals surface area contributed by atoms with Crippen molar-refractivity contribution in [1.29, 1.82) is 0 Å². The summed E-state index contributed by atoms with van der Waals surface area (Å²) < 4.78 is 5.99. The summed E-state index contributed by atoms with van der Waals surface area (Å²) in [6.45, 7) is 5.09. The predicted octanol–water partition coefficient (Wildman–Crippen LogP) is 4.37. The quantitative estimate of drug-likeness (QED) is 0.624. The molecule has 0 aromatic heterocycles. The minimum absolute atomic E-state index is 0.0787. The third-order valence-electron chi connectivity index (χ3n) is 3.87. The Morgan fingerprint density at radius 1 is 1.38 bits per heavy atom. The Balaban J connectivity index is 2.12. The summed E-state index contributed by atoms with van der Waals surface area (Å²) in [4.78, 5) is 10.7. The van der Waals surface area contributed by atoms with Gasteiger partial charge in [0.15, 0.2) is 0 Å². The molecule has 1 N–H and O–H groups in total. The van der Waals surface area contributed by atoms with Crippen molar-refractivity contribution in [2.24, 2.45) is 5.92 Å². The van der Waals surface area contributed by atoms with Crippen LogP contribution in [-0.2, 0) is 0 Å². The molecule has 1 aliphatic carbocycles. The van der Waals surface area contributed by atoms with Gasteiger partial charge in [-0.05, 0) is 31.6 Å². The van der Waals surface area contributed by atoms with Crippen LogP contribution in [0.4, 0.5) is 11.4 Å². The molecule has 21 heavy (non-hydrogen) atoms. The molecule has 1 fully saturated rings. The molecule has 1 aromatic rings. The molecule has 0 spiro atoms. The average molecular weight is 292 g/mol. The zero-order valence-corrected chi connectivity index (χ0v) is 12.8. The van der Waals surface area contributed by atoms with Gasteiger partial charge < -0.3 is 10.1 Å². The van der Waals surface area contributed by atoms with Gasteiger partial charge in [0.05, 0.1) is 17.1 Å². The van der Waals surface area contributed by atoms with E-state index < -0.39 is 0 Å². The maximum Gasteiger partial charge on any atom is 0.275 e. The summed E-state index contributed by atoms with van der Waals surface area (Å²) in [7, 11) is 0. The zero-order chi connectivity index (χ0) is 15.2. The molecule has 0 aliphatic heterocycles. The number of nitrogens with one attached hydrogen (secondary N) is 1. The third kappa shape index (κ3) is 4.62. The van der Waals surface area contributed by atoms with Crippen LogP contribution in [0, 0.1) is 16.0 Å². The van der Waals surface area contributed by atoms with Gasteiger partial charge in [0.25, 0.3) is 5.69 Å². The van der Waals surface area contributed by atoms with Crippen LogP contribution < -0.4 is 10.1 Å². The lowest BCUT2D eigenvalue weighted by Crippen LogP contribution is -2.24. The molecule has 0 radical (unpaired) electrons. The van der Waals surface area contributed by atoms with Crippen molar-refractivity contribution in [1.82, 2.24) is 0 Å². The standard InChI is InChI=1S/C16H24N2O3/c1-3-7-17-13-9-14(18(19)20)11-16(10-13)21-15-6-4-5-12(2)8-15/h9-12,15,17H,3-8H2,1-2H3. The monoisotopic (exact) mass is 292 g/mol. The number of ether oxygens (including phenoxy) is 1. The van der Waals surface area contributed by atoms with Gasteiger partial charge in [0.1, 0.15) is 5.75 Å². The number of hydrogen-bond donors (Lipinski definition) is 1. The molecule has 2 rings (SSSR count). The second-order valence-corrected chi connectivity index (χ2v) is 5.91. The maximum absolute atomic E-state index is 11.0. The van der Waals surface area contributed by atoms with E-state index >= 15 is 0 Å². The minimum Gasteiger partial charge on any atom is -0.490 e. The molecule has 1 aliphatic rings. The fourth-order valence-electron chi connectivity index (χ4n) is 2.81. The summed E-state index contributed by atoms with van der Waals surface area (Å²) in [6.07, 6.45) is 5.62. The number of anilines is 1. The number of nitro groups is 1. The van der Waals surface area contributed by atoms with Crippen molar-refractivity contribution in [3.05, 3.63) is 28.3 Å². The largest absolute Gasteiger partial charge is 0.490 e. The lowest BCUT2D eigenvalue weighted by atomic mass is 9.89. The Kier molecular flexibility index (Phi) is 5.42. The Labute approximate surface area is 125 Å². The van der Waals surface area contributed by atoms with Crippen molar-refractivity contribution in [3.8, 4) is 5.75 Å². The molecule has 1 aromatic carbocycles. The molecule has 5 heteroatoms. The fourth-order valence-corrected chi connectivity index (χ4v) is 2.81. The van der Waals surface area contributed by atoms with Gasteiger partial charge in [0.2, 0.25) is 0 Å². The van der Waals surface area contributed by atoms with Crippen molar-refractivity contribution < 1.29 is 9.66 Å². The van der Waals surface area contributed by atoms with E-state index in [9.17, 15) is 10.1 Å². The first-order valence-corrected chi connectivity index (χ1v) is 7.78. The molecule has 2 unspecified atom stereocenters. The number of non-ortho nitro benzene ring substituents is 1. The number of hydrogen-bond acceptors (Lipinski definition) is 4. The normalized spacial score (nSPS) is 21.8. The van der Waals surface area contributed by atoms with E-state index in [-0.39, 0.29) is 16.7 Å². The van der Waals surface area contributed by atoms with E-state index in [1.165, 1.54) is 18.9 Å². The Hall–Kier alpha value is -1.78. The maximum atomic E-state index is 11.0. The smallest absolute Gasteiger partial charge is 0.275 e. The minimum atomic E-state index is -0.368. The summed E-state index contributed by atoms with van der Waals surface area (Å²) in [5.74, 6) is 1.27. The predicted molar refractivity (Wildman–Crippen MR) is 83.9 cm³/mol. The molecule has 2 atom stereocenters. The number of rotatable bonds is 6. The van der Waals surface area contributed by atoms with Gasteiger partial charge in [-0.15, -0.1) is 0 Å². The van der Waals surface area contributed by atoms with Crippen molar-refractivity contribution in [3.63, 3.8) is 0 Å². The molecule has 0 amide bonds. The topological polar surface area (TPSA) is 64.4 Å². The highest BCUT2D eigenvalue weighted by Gasteiger charge is 2.21. The van der Waals surface area contributed by atoms with E-state index in [0.29, 0.717) is 11.7 Å². The molecule has 116 valence electrons. The Morgan fingerprint density at radius 3 is 2.86 bits per heavy atom. The number of nitrogens with zero attached hydrogens (tertiary/aromatic N) is 1. The van der Waals surface area contributed by atoms with Gasteiger partial charge >= 0.3 is 0 Å². The first kappa shape index (κ1) is 15.6. The highest BCUT2D eigenvalue weighted by Crippen LogP contribution is 2.31. The number of nitro benzene ring substituents is 1.